The normalized spacial score (nSPS) is 12.8. The first-order chi connectivity index (χ1) is 35.0. The number of hydrogen-bond donors (Lipinski definition) is 3. The number of aliphatic hydroxyl groups excluding tert-OH is 2. The number of carbonyl (C=O) groups is 2. The maximum absolute atomic E-state index is 12.5. The highest BCUT2D eigenvalue weighted by Gasteiger charge is 2.18. The first-order valence-electron chi connectivity index (χ1n) is 31.8. The molecule has 2 atom stereocenters. The molecule has 6 heteroatoms. The van der Waals surface area contributed by atoms with Crippen LogP contribution in [0.15, 0.2) is 36.5 Å². The Labute approximate surface area is 443 Å². The highest BCUT2D eigenvalue weighted by molar-refractivity contribution is 5.76. The summed E-state index contributed by atoms with van der Waals surface area (Å²) < 4.78 is 5.47. The van der Waals surface area contributed by atoms with E-state index in [4.69, 9.17) is 4.74 Å². The van der Waals surface area contributed by atoms with E-state index < -0.39 is 12.1 Å². The third-order valence-electron chi connectivity index (χ3n) is 14.7. The monoisotopic (exact) mass is 998 g/mol. The lowest BCUT2D eigenvalue weighted by molar-refractivity contribution is -0.143. The van der Waals surface area contributed by atoms with Crippen molar-refractivity contribution in [2.24, 2.45) is 0 Å². The minimum Gasteiger partial charge on any atom is -0.466 e. The van der Waals surface area contributed by atoms with Gasteiger partial charge in [-0.3, -0.25) is 9.59 Å². The molecule has 6 nitrogen and oxygen atoms in total. The van der Waals surface area contributed by atoms with Crippen molar-refractivity contribution in [3.63, 3.8) is 0 Å². The van der Waals surface area contributed by atoms with E-state index in [9.17, 15) is 19.8 Å². The van der Waals surface area contributed by atoms with Gasteiger partial charge in [0.2, 0.25) is 5.91 Å². The molecular formula is C65H123NO5. The molecule has 0 aliphatic carbocycles. The molecule has 0 aromatic rings. The Morgan fingerprint density at radius 3 is 1.11 bits per heavy atom. The molecule has 1 amide bonds. The molecule has 0 heterocycles. The molecule has 2 unspecified atom stereocenters. The van der Waals surface area contributed by atoms with Gasteiger partial charge in [0.1, 0.15) is 0 Å². The van der Waals surface area contributed by atoms with Gasteiger partial charge in [-0.1, -0.05) is 307 Å². The van der Waals surface area contributed by atoms with E-state index in [1.165, 1.54) is 263 Å². The maximum atomic E-state index is 12.5. The topological polar surface area (TPSA) is 95.9 Å². The average Bonchev–Trinajstić information content (AvgIpc) is 3.37. The number of esters is 1. The highest BCUT2D eigenvalue weighted by atomic mass is 16.5. The molecular weight excluding hydrogens is 875 g/mol. The van der Waals surface area contributed by atoms with Crippen LogP contribution in [-0.2, 0) is 14.3 Å². The lowest BCUT2D eigenvalue weighted by Crippen LogP contribution is -2.45. The van der Waals surface area contributed by atoms with E-state index in [0.29, 0.717) is 19.4 Å². The third kappa shape index (κ3) is 57.2. The zero-order chi connectivity index (χ0) is 51.4. The summed E-state index contributed by atoms with van der Waals surface area (Å²) in [6.07, 6.45) is 76.1. The quantitative estimate of drug-likeness (QED) is 0.0321. The first kappa shape index (κ1) is 69.1. The summed E-state index contributed by atoms with van der Waals surface area (Å²) in [5.41, 5.74) is 0. The fourth-order valence-corrected chi connectivity index (χ4v) is 9.77. The number of rotatable bonds is 59. The van der Waals surface area contributed by atoms with Gasteiger partial charge in [0.15, 0.2) is 0 Å². The van der Waals surface area contributed by atoms with Crippen LogP contribution < -0.4 is 5.32 Å². The van der Waals surface area contributed by atoms with E-state index >= 15 is 0 Å². The van der Waals surface area contributed by atoms with Gasteiger partial charge in [-0.2, -0.15) is 0 Å². The molecule has 0 aromatic carbocycles. The molecule has 0 bridgehead atoms. The van der Waals surface area contributed by atoms with Crippen molar-refractivity contribution < 1.29 is 24.5 Å². The predicted molar refractivity (Wildman–Crippen MR) is 310 cm³/mol. The van der Waals surface area contributed by atoms with Crippen molar-refractivity contribution in [2.75, 3.05) is 13.2 Å². The van der Waals surface area contributed by atoms with Crippen molar-refractivity contribution >= 4 is 11.9 Å². The first-order valence-corrected chi connectivity index (χ1v) is 31.8. The van der Waals surface area contributed by atoms with E-state index in [1.807, 2.05) is 6.08 Å². The summed E-state index contributed by atoms with van der Waals surface area (Å²) >= 11 is 0. The second kappa shape index (κ2) is 60.6. The molecule has 0 saturated heterocycles. The fourth-order valence-electron chi connectivity index (χ4n) is 9.77. The molecule has 0 aliphatic heterocycles. The van der Waals surface area contributed by atoms with Crippen LogP contribution in [0.25, 0.3) is 0 Å². The number of nitrogens with one attached hydrogen (secondary N) is 1. The summed E-state index contributed by atoms with van der Waals surface area (Å²) in [4.78, 5) is 24.5. The van der Waals surface area contributed by atoms with Crippen LogP contribution >= 0.6 is 0 Å². The molecule has 71 heavy (non-hydrogen) atoms. The second-order valence-electron chi connectivity index (χ2n) is 21.7. The maximum Gasteiger partial charge on any atom is 0.305 e. The minimum absolute atomic E-state index is 0.00781. The van der Waals surface area contributed by atoms with E-state index in [2.05, 4.69) is 43.5 Å². The second-order valence-corrected chi connectivity index (χ2v) is 21.7. The highest BCUT2D eigenvalue weighted by Crippen LogP contribution is 2.18. The summed E-state index contributed by atoms with van der Waals surface area (Å²) in [5.74, 6) is -0.0773. The summed E-state index contributed by atoms with van der Waals surface area (Å²) in [5, 5.41) is 23.2. The van der Waals surface area contributed by atoms with E-state index in [0.717, 1.165) is 51.4 Å². The summed E-state index contributed by atoms with van der Waals surface area (Å²) in [6.45, 7) is 4.87. The molecule has 0 fully saturated rings. The van der Waals surface area contributed by atoms with Crippen molar-refractivity contribution in [1.82, 2.24) is 5.32 Å². The van der Waals surface area contributed by atoms with Gasteiger partial charge in [0.05, 0.1) is 25.4 Å². The molecule has 418 valence electrons. The molecule has 3 N–H and O–H groups in total. The number of hydrogen-bond acceptors (Lipinski definition) is 5. The number of ether oxygens (including phenoxy) is 1. The minimum atomic E-state index is -0.849. The zero-order valence-corrected chi connectivity index (χ0v) is 47.7. The smallest absolute Gasteiger partial charge is 0.305 e. The Bertz CT molecular complexity index is 1150. The Kier molecular flexibility index (Phi) is 59.0. The molecule has 0 radical (unpaired) electrons. The lowest BCUT2D eigenvalue weighted by atomic mass is 10.0. The summed E-state index contributed by atoms with van der Waals surface area (Å²) in [6, 6.07) is -0.633. The van der Waals surface area contributed by atoms with Crippen LogP contribution in [0.4, 0.5) is 0 Å². The largest absolute Gasteiger partial charge is 0.466 e. The molecule has 0 saturated carbocycles. The van der Waals surface area contributed by atoms with Crippen LogP contribution in [0, 0.1) is 0 Å². The molecule has 0 aromatic heterocycles. The standard InChI is InChI=1S/C65H123NO5/c1-3-5-7-9-11-13-15-17-19-20-21-22-23-24-27-30-33-37-41-45-49-53-57-63(68)62(61-67)66-64(69)58-54-50-46-42-38-34-31-28-25-26-29-32-36-40-44-48-52-56-60-71-65(70)59-55-51-47-43-39-35-18-16-14-12-10-8-6-4-2/h10,12,16,18,53,57,62-63,67-68H,3-9,11,13-15,17,19-52,54-56,58-61H2,1-2H3,(H,66,69)/b12-10-,18-16-,57-53+. The van der Waals surface area contributed by atoms with Crippen molar-refractivity contribution in [1.29, 1.82) is 0 Å². The van der Waals surface area contributed by atoms with Crippen LogP contribution in [0.3, 0.4) is 0 Å². The summed E-state index contributed by atoms with van der Waals surface area (Å²) in [7, 11) is 0. The van der Waals surface area contributed by atoms with Gasteiger partial charge in [0.25, 0.3) is 0 Å². The molecule has 0 spiro atoms. The van der Waals surface area contributed by atoms with Crippen LogP contribution in [0.2, 0.25) is 0 Å². The van der Waals surface area contributed by atoms with Gasteiger partial charge < -0.3 is 20.3 Å². The zero-order valence-electron chi connectivity index (χ0n) is 47.7. The van der Waals surface area contributed by atoms with Gasteiger partial charge in [-0.15, -0.1) is 0 Å². The third-order valence-corrected chi connectivity index (χ3v) is 14.7. The van der Waals surface area contributed by atoms with E-state index in [-0.39, 0.29) is 18.5 Å². The Hall–Kier alpha value is -1.92. The number of unbranched alkanes of at least 4 members (excludes halogenated alkanes) is 44. The van der Waals surface area contributed by atoms with Gasteiger partial charge >= 0.3 is 5.97 Å². The van der Waals surface area contributed by atoms with Crippen molar-refractivity contribution in [3.05, 3.63) is 36.5 Å². The fraction of sp³-hybridized carbons (Fsp3) is 0.877. The SMILES string of the molecule is CCCC/C=C\C/C=C\CCCCCCCC(=O)OCCCCCCCCCCCCCCCCCCCCC(=O)NC(CO)C(O)/C=C/CCCCCCCCCCCCCCCCCCCCCC. The Balaban J connectivity index is 3.45. The molecule has 0 rings (SSSR count). The van der Waals surface area contributed by atoms with Crippen LogP contribution in [-0.4, -0.2) is 47.4 Å². The number of amides is 1. The van der Waals surface area contributed by atoms with Crippen LogP contribution in [0.5, 0.6) is 0 Å². The van der Waals surface area contributed by atoms with E-state index in [1.54, 1.807) is 6.08 Å². The predicted octanol–water partition coefficient (Wildman–Crippen LogP) is 20.0. The average molecular weight is 999 g/mol. The van der Waals surface area contributed by atoms with Crippen molar-refractivity contribution in [2.45, 2.75) is 353 Å². The van der Waals surface area contributed by atoms with Gasteiger partial charge in [-0.25, -0.2) is 0 Å². The number of allylic oxidation sites excluding steroid dienone is 5. The number of aliphatic hydroxyl groups is 2. The van der Waals surface area contributed by atoms with Gasteiger partial charge in [-0.05, 0) is 57.8 Å². The number of carbonyl (C=O) groups excluding carboxylic acids is 2. The van der Waals surface area contributed by atoms with Crippen LogP contribution in [0.1, 0.15) is 341 Å². The van der Waals surface area contributed by atoms with Crippen molar-refractivity contribution in [3.8, 4) is 0 Å². The Morgan fingerprint density at radius 1 is 0.394 bits per heavy atom. The lowest BCUT2D eigenvalue weighted by Gasteiger charge is -2.20. The molecule has 0 aliphatic rings. The van der Waals surface area contributed by atoms with Gasteiger partial charge in [0, 0.05) is 12.8 Å². The Morgan fingerprint density at radius 2 is 0.718 bits per heavy atom.